The van der Waals surface area contributed by atoms with Gasteiger partial charge in [0.15, 0.2) is 0 Å². The molecule has 1 aliphatic rings. The molecular weight excluding hydrogens is 344 g/mol. The summed E-state index contributed by atoms with van der Waals surface area (Å²) in [5.41, 5.74) is 2.03. The molecule has 1 aromatic carbocycles. The second kappa shape index (κ2) is 6.94. The van der Waals surface area contributed by atoms with Crippen molar-refractivity contribution in [2.75, 3.05) is 26.2 Å². The van der Waals surface area contributed by atoms with Crippen LogP contribution in [0.1, 0.15) is 17.9 Å². The smallest absolute Gasteiger partial charge is 0.226 e. The van der Waals surface area contributed by atoms with Crippen molar-refractivity contribution >= 4 is 15.9 Å². The third kappa shape index (κ3) is 3.59. The van der Waals surface area contributed by atoms with Gasteiger partial charge >= 0.3 is 0 Å². The highest BCUT2D eigenvalue weighted by atomic mass is 79.9. The summed E-state index contributed by atoms with van der Waals surface area (Å²) in [6.07, 6.45) is 1.99. The number of hydrogen-bond donors (Lipinski definition) is 1. The molecule has 118 valence electrons. The van der Waals surface area contributed by atoms with Crippen molar-refractivity contribution < 1.29 is 9.52 Å². The fourth-order valence-electron chi connectivity index (χ4n) is 2.90. The van der Waals surface area contributed by atoms with E-state index in [1.165, 1.54) is 0 Å². The van der Waals surface area contributed by atoms with E-state index in [1.54, 1.807) is 0 Å². The Bertz CT molecular complexity index is 624. The molecule has 1 aliphatic heterocycles. The van der Waals surface area contributed by atoms with Gasteiger partial charge in [0.25, 0.3) is 0 Å². The summed E-state index contributed by atoms with van der Waals surface area (Å²) < 4.78 is 6.86. The van der Waals surface area contributed by atoms with Gasteiger partial charge in [-0.25, -0.2) is 4.98 Å². The molecule has 0 bridgehead atoms. The van der Waals surface area contributed by atoms with Crippen LogP contribution in [0.5, 0.6) is 0 Å². The van der Waals surface area contributed by atoms with Crippen LogP contribution in [0.3, 0.4) is 0 Å². The molecule has 1 N–H and O–H groups in total. The van der Waals surface area contributed by atoms with E-state index in [2.05, 4.69) is 25.8 Å². The van der Waals surface area contributed by atoms with E-state index in [9.17, 15) is 5.11 Å². The fourth-order valence-corrected chi connectivity index (χ4v) is 3.17. The standard InChI is InChI=1S/C17H21BrN2O2/c1-12-16(7-9-20-8-6-13(10-20)11-21)19-17(22-12)14-2-4-15(18)5-3-14/h2-5,13,21H,6-11H2,1H3/t13-/m1/s1. The maximum absolute atomic E-state index is 9.20. The van der Waals surface area contributed by atoms with E-state index in [0.29, 0.717) is 18.4 Å². The van der Waals surface area contributed by atoms with Crippen molar-refractivity contribution in [3.63, 3.8) is 0 Å². The normalized spacial score (nSPS) is 19.0. The van der Waals surface area contributed by atoms with Crippen molar-refractivity contribution in [1.29, 1.82) is 0 Å². The molecule has 1 atom stereocenters. The molecule has 1 saturated heterocycles. The lowest BCUT2D eigenvalue weighted by molar-refractivity contribution is 0.222. The van der Waals surface area contributed by atoms with Gasteiger partial charge in [-0.3, -0.25) is 0 Å². The summed E-state index contributed by atoms with van der Waals surface area (Å²) in [5, 5.41) is 9.20. The first-order valence-corrected chi connectivity index (χ1v) is 8.50. The summed E-state index contributed by atoms with van der Waals surface area (Å²) in [7, 11) is 0. The number of halogens is 1. The van der Waals surface area contributed by atoms with Crippen LogP contribution in [-0.2, 0) is 6.42 Å². The van der Waals surface area contributed by atoms with Gasteiger partial charge in [0, 0.05) is 36.2 Å². The molecule has 0 spiro atoms. The Hall–Kier alpha value is -1.17. The predicted molar refractivity (Wildman–Crippen MR) is 89.7 cm³/mol. The number of aromatic nitrogens is 1. The average molecular weight is 365 g/mol. The quantitative estimate of drug-likeness (QED) is 0.884. The molecule has 1 aromatic heterocycles. The SMILES string of the molecule is Cc1oc(-c2ccc(Br)cc2)nc1CCN1CC[C@@H](CO)C1. The molecule has 22 heavy (non-hydrogen) atoms. The van der Waals surface area contributed by atoms with Crippen LogP contribution in [0.25, 0.3) is 11.5 Å². The number of benzene rings is 1. The van der Waals surface area contributed by atoms with Gasteiger partial charge in [0.2, 0.25) is 5.89 Å². The first-order chi connectivity index (χ1) is 10.7. The van der Waals surface area contributed by atoms with Crippen LogP contribution in [-0.4, -0.2) is 41.2 Å². The van der Waals surface area contributed by atoms with Crippen molar-refractivity contribution in [2.45, 2.75) is 19.8 Å². The van der Waals surface area contributed by atoms with E-state index in [1.807, 2.05) is 31.2 Å². The Morgan fingerprint density at radius 1 is 1.36 bits per heavy atom. The van der Waals surface area contributed by atoms with Gasteiger partial charge < -0.3 is 14.4 Å². The largest absolute Gasteiger partial charge is 0.441 e. The summed E-state index contributed by atoms with van der Waals surface area (Å²) in [5.74, 6) is 2.03. The van der Waals surface area contributed by atoms with Crippen LogP contribution in [0.4, 0.5) is 0 Å². The van der Waals surface area contributed by atoms with E-state index in [-0.39, 0.29) is 0 Å². The first kappa shape index (κ1) is 15.7. The molecule has 0 aliphatic carbocycles. The number of rotatable bonds is 5. The zero-order valence-electron chi connectivity index (χ0n) is 12.8. The highest BCUT2D eigenvalue weighted by Crippen LogP contribution is 2.24. The van der Waals surface area contributed by atoms with E-state index < -0.39 is 0 Å². The molecule has 1 fully saturated rings. The lowest BCUT2D eigenvalue weighted by Gasteiger charge is -2.14. The number of aryl methyl sites for hydroxylation is 1. The highest BCUT2D eigenvalue weighted by molar-refractivity contribution is 9.10. The topological polar surface area (TPSA) is 49.5 Å². The van der Waals surface area contributed by atoms with Gasteiger partial charge in [-0.15, -0.1) is 0 Å². The number of likely N-dealkylation sites (tertiary alicyclic amines) is 1. The summed E-state index contributed by atoms with van der Waals surface area (Å²) >= 11 is 3.44. The third-order valence-electron chi connectivity index (χ3n) is 4.28. The first-order valence-electron chi connectivity index (χ1n) is 7.71. The minimum atomic E-state index is 0.299. The molecule has 5 heteroatoms. The Labute approximate surface area is 139 Å². The van der Waals surface area contributed by atoms with E-state index in [4.69, 9.17) is 4.42 Å². The predicted octanol–water partition coefficient (Wildman–Crippen LogP) is 3.27. The van der Waals surface area contributed by atoms with Gasteiger partial charge in [0.05, 0.1) is 5.69 Å². The Balaban J connectivity index is 1.64. The van der Waals surface area contributed by atoms with Crippen LogP contribution in [0.15, 0.2) is 33.2 Å². The summed E-state index contributed by atoms with van der Waals surface area (Å²) in [4.78, 5) is 7.05. The molecular formula is C17H21BrN2O2. The van der Waals surface area contributed by atoms with E-state index >= 15 is 0 Å². The number of aliphatic hydroxyl groups is 1. The van der Waals surface area contributed by atoms with E-state index in [0.717, 1.165) is 54.0 Å². The molecule has 2 heterocycles. The number of aliphatic hydroxyl groups excluding tert-OH is 1. The third-order valence-corrected chi connectivity index (χ3v) is 4.81. The average Bonchev–Trinajstić information content (AvgIpc) is 3.12. The summed E-state index contributed by atoms with van der Waals surface area (Å²) in [6.45, 7) is 5.32. The zero-order valence-corrected chi connectivity index (χ0v) is 14.3. The van der Waals surface area contributed by atoms with Gasteiger partial charge in [-0.2, -0.15) is 0 Å². The number of nitrogens with zero attached hydrogens (tertiary/aromatic N) is 2. The number of oxazole rings is 1. The Morgan fingerprint density at radius 3 is 2.82 bits per heavy atom. The molecule has 3 rings (SSSR count). The minimum Gasteiger partial charge on any atom is -0.441 e. The van der Waals surface area contributed by atoms with Gasteiger partial charge in [-0.1, -0.05) is 15.9 Å². The van der Waals surface area contributed by atoms with Crippen molar-refractivity contribution in [2.24, 2.45) is 5.92 Å². The molecule has 0 unspecified atom stereocenters. The maximum Gasteiger partial charge on any atom is 0.226 e. The monoisotopic (exact) mass is 364 g/mol. The van der Waals surface area contributed by atoms with Gasteiger partial charge in [-0.05, 0) is 50.1 Å². The fraction of sp³-hybridized carbons (Fsp3) is 0.471. The van der Waals surface area contributed by atoms with Crippen LogP contribution >= 0.6 is 15.9 Å². The molecule has 2 aromatic rings. The van der Waals surface area contributed by atoms with Crippen LogP contribution < -0.4 is 0 Å². The molecule has 0 radical (unpaired) electrons. The Kier molecular flexibility index (Phi) is 4.96. The minimum absolute atomic E-state index is 0.299. The molecule has 4 nitrogen and oxygen atoms in total. The molecule has 0 amide bonds. The van der Waals surface area contributed by atoms with Crippen molar-refractivity contribution in [3.8, 4) is 11.5 Å². The molecule has 0 saturated carbocycles. The zero-order chi connectivity index (χ0) is 15.5. The van der Waals surface area contributed by atoms with Crippen LogP contribution in [0, 0.1) is 12.8 Å². The van der Waals surface area contributed by atoms with Gasteiger partial charge in [0.1, 0.15) is 5.76 Å². The maximum atomic E-state index is 9.20. The van der Waals surface area contributed by atoms with Crippen molar-refractivity contribution in [3.05, 3.63) is 40.2 Å². The van der Waals surface area contributed by atoms with Crippen LogP contribution in [0.2, 0.25) is 0 Å². The second-order valence-corrected chi connectivity index (χ2v) is 6.83. The Morgan fingerprint density at radius 2 is 2.14 bits per heavy atom. The summed E-state index contributed by atoms with van der Waals surface area (Å²) in [6, 6.07) is 8.00. The highest BCUT2D eigenvalue weighted by Gasteiger charge is 2.22. The lowest BCUT2D eigenvalue weighted by atomic mass is 10.1. The second-order valence-electron chi connectivity index (χ2n) is 5.92. The number of hydrogen-bond acceptors (Lipinski definition) is 4. The lowest BCUT2D eigenvalue weighted by Crippen LogP contribution is -2.24. The van der Waals surface area contributed by atoms with Crippen molar-refractivity contribution in [1.82, 2.24) is 9.88 Å².